The van der Waals surface area contributed by atoms with Gasteiger partial charge in [0.25, 0.3) is 0 Å². The SMILES string of the molecule is Cc1cnc2nc(-c3ccc(C4(N)CCC4)cc3)c(-c3ccccc3)cn12. The average molecular weight is 354 g/mol. The number of imidazole rings is 1. The van der Waals surface area contributed by atoms with E-state index in [4.69, 9.17) is 10.7 Å². The molecule has 2 N–H and O–H groups in total. The number of aryl methyl sites for hydroxylation is 1. The van der Waals surface area contributed by atoms with Gasteiger partial charge in [0.15, 0.2) is 0 Å². The zero-order chi connectivity index (χ0) is 18.4. The molecule has 0 atom stereocenters. The number of nitrogens with two attached hydrogens (primary N) is 1. The lowest BCUT2D eigenvalue weighted by Gasteiger charge is -2.38. The third-order valence-corrected chi connectivity index (χ3v) is 5.75. The molecule has 0 saturated heterocycles. The number of hydrogen-bond acceptors (Lipinski definition) is 3. The van der Waals surface area contributed by atoms with Crippen molar-refractivity contribution in [2.24, 2.45) is 5.73 Å². The van der Waals surface area contributed by atoms with E-state index in [2.05, 4.69) is 59.7 Å². The number of aromatic nitrogens is 3. The standard InChI is InChI=1S/C23H22N4/c1-16-14-25-22-26-21(20(15-27(16)22)17-6-3-2-4-7-17)18-8-10-19(11-9-18)23(24)12-5-13-23/h2-4,6-11,14-15H,5,12-13,24H2,1H3. The summed E-state index contributed by atoms with van der Waals surface area (Å²) >= 11 is 0. The first kappa shape index (κ1) is 16.2. The first-order chi connectivity index (χ1) is 13.1. The van der Waals surface area contributed by atoms with E-state index in [1.54, 1.807) is 0 Å². The zero-order valence-corrected chi connectivity index (χ0v) is 15.4. The highest BCUT2D eigenvalue weighted by atomic mass is 15.1. The minimum atomic E-state index is -0.141. The van der Waals surface area contributed by atoms with Crippen molar-refractivity contribution in [1.82, 2.24) is 14.4 Å². The zero-order valence-electron chi connectivity index (χ0n) is 15.4. The van der Waals surface area contributed by atoms with Crippen molar-refractivity contribution in [3.8, 4) is 22.4 Å². The third-order valence-electron chi connectivity index (χ3n) is 5.75. The van der Waals surface area contributed by atoms with Gasteiger partial charge in [0.1, 0.15) is 0 Å². The van der Waals surface area contributed by atoms with Crippen molar-refractivity contribution in [1.29, 1.82) is 0 Å². The minimum Gasteiger partial charge on any atom is -0.321 e. The van der Waals surface area contributed by atoms with Crippen LogP contribution in [0.4, 0.5) is 0 Å². The molecule has 1 aliphatic carbocycles. The number of benzene rings is 2. The maximum Gasteiger partial charge on any atom is 0.234 e. The van der Waals surface area contributed by atoms with Crippen molar-refractivity contribution in [2.45, 2.75) is 31.7 Å². The van der Waals surface area contributed by atoms with E-state index in [0.717, 1.165) is 46.7 Å². The van der Waals surface area contributed by atoms with Gasteiger partial charge in [-0.3, -0.25) is 4.40 Å². The summed E-state index contributed by atoms with van der Waals surface area (Å²) in [7, 11) is 0. The highest BCUT2D eigenvalue weighted by molar-refractivity contribution is 5.81. The summed E-state index contributed by atoms with van der Waals surface area (Å²) in [6.07, 6.45) is 7.35. The van der Waals surface area contributed by atoms with Crippen LogP contribution in [0, 0.1) is 6.92 Å². The van der Waals surface area contributed by atoms with Crippen molar-refractivity contribution in [3.05, 3.63) is 78.2 Å². The first-order valence-corrected chi connectivity index (χ1v) is 9.44. The Hall–Kier alpha value is -2.98. The summed E-state index contributed by atoms with van der Waals surface area (Å²) in [5.41, 5.74) is 12.9. The molecule has 2 heterocycles. The van der Waals surface area contributed by atoms with Crippen LogP contribution in [0.3, 0.4) is 0 Å². The van der Waals surface area contributed by atoms with Gasteiger partial charge >= 0.3 is 0 Å². The quantitative estimate of drug-likeness (QED) is 0.580. The van der Waals surface area contributed by atoms with Gasteiger partial charge in [0, 0.05) is 28.6 Å². The summed E-state index contributed by atoms with van der Waals surface area (Å²) in [5, 5.41) is 0. The molecule has 1 saturated carbocycles. The van der Waals surface area contributed by atoms with E-state index in [0.29, 0.717) is 0 Å². The van der Waals surface area contributed by atoms with Crippen molar-refractivity contribution in [3.63, 3.8) is 0 Å². The molecule has 4 heteroatoms. The van der Waals surface area contributed by atoms with Crippen LogP contribution in [0.2, 0.25) is 0 Å². The largest absolute Gasteiger partial charge is 0.321 e. The molecule has 0 spiro atoms. The van der Waals surface area contributed by atoms with Crippen LogP contribution >= 0.6 is 0 Å². The first-order valence-electron chi connectivity index (χ1n) is 9.44. The van der Waals surface area contributed by atoms with Gasteiger partial charge in [-0.1, -0.05) is 54.6 Å². The Kier molecular flexibility index (Phi) is 3.62. The monoisotopic (exact) mass is 354 g/mol. The lowest BCUT2D eigenvalue weighted by atomic mass is 9.72. The molecular weight excluding hydrogens is 332 g/mol. The van der Waals surface area contributed by atoms with E-state index < -0.39 is 0 Å². The van der Waals surface area contributed by atoms with Crippen LogP contribution in [0.15, 0.2) is 67.0 Å². The van der Waals surface area contributed by atoms with Crippen molar-refractivity contribution in [2.75, 3.05) is 0 Å². The van der Waals surface area contributed by atoms with E-state index in [1.165, 1.54) is 12.0 Å². The van der Waals surface area contributed by atoms with E-state index in [1.807, 2.05) is 23.6 Å². The minimum absolute atomic E-state index is 0.141. The smallest absolute Gasteiger partial charge is 0.234 e. The molecule has 0 radical (unpaired) electrons. The Morgan fingerprint density at radius 2 is 1.70 bits per heavy atom. The average Bonchev–Trinajstić information content (AvgIpc) is 3.06. The molecule has 0 unspecified atom stereocenters. The summed E-state index contributed by atoms with van der Waals surface area (Å²) in [4.78, 5) is 9.34. The van der Waals surface area contributed by atoms with Gasteiger partial charge in [-0.25, -0.2) is 9.97 Å². The summed E-state index contributed by atoms with van der Waals surface area (Å²) in [5.74, 6) is 0.723. The molecule has 1 aliphatic rings. The predicted octanol–water partition coefficient (Wildman–Crippen LogP) is 4.71. The lowest BCUT2D eigenvalue weighted by molar-refractivity contribution is 0.253. The number of hydrogen-bond donors (Lipinski definition) is 1. The van der Waals surface area contributed by atoms with Gasteiger partial charge in [0.05, 0.1) is 11.9 Å². The third kappa shape index (κ3) is 2.64. The second kappa shape index (κ2) is 6.03. The molecule has 134 valence electrons. The molecule has 27 heavy (non-hydrogen) atoms. The Labute approximate surface area is 158 Å². The molecule has 2 aromatic carbocycles. The summed E-state index contributed by atoms with van der Waals surface area (Å²) in [6.45, 7) is 2.05. The fraction of sp³-hybridized carbons (Fsp3) is 0.217. The molecule has 0 bridgehead atoms. The summed E-state index contributed by atoms with van der Waals surface area (Å²) in [6, 6.07) is 19.0. The Bertz CT molecular complexity index is 1110. The van der Waals surface area contributed by atoms with E-state index in [-0.39, 0.29) is 5.54 Å². The maximum absolute atomic E-state index is 6.48. The second-order valence-electron chi connectivity index (χ2n) is 7.53. The molecule has 1 fully saturated rings. The van der Waals surface area contributed by atoms with Gasteiger partial charge in [0.2, 0.25) is 5.78 Å². The van der Waals surface area contributed by atoms with Crippen LogP contribution in [-0.2, 0) is 5.54 Å². The highest BCUT2D eigenvalue weighted by Gasteiger charge is 2.34. The molecule has 0 aliphatic heterocycles. The Morgan fingerprint density at radius 3 is 2.37 bits per heavy atom. The fourth-order valence-electron chi connectivity index (χ4n) is 3.88. The molecule has 5 rings (SSSR count). The lowest BCUT2D eigenvalue weighted by Crippen LogP contribution is -2.43. The predicted molar refractivity (Wildman–Crippen MR) is 108 cm³/mol. The molecule has 4 nitrogen and oxygen atoms in total. The maximum atomic E-state index is 6.48. The topological polar surface area (TPSA) is 56.2 Å². The van der Waals surface area contributed by atoms with Crippen LogP contribution in [-0.4, -0.2) is 14.4 Å². The van der Waals surface area contributed by atoms with Crippen LogP contribution < -0.4 is 5.73 Å². The second-order valence-corrected chi connectivity index (χ2v) is 7.53. The van der Waals surface area contributed by atoms with Gasteiger partial charge in [-0.2, -0.15) is 0 Å². The number of fused-ring (bicyclic) bond motifs is 1. The van der Waals surface area contributed by atoms with Crippen molar-refractivity contribution >= 4 is 5.78 Å². The van der Waals surface area contributed by atoms with E-state index >= 15 is 0 Å². The molecular formula is C23H22N4. The Balaban J connectivity index is 1.67. The van der Waals surface area contributed by atoms with Crippen LogP contribution in [0.25, 0.3) is 28.2 Å². The van der Waals surface area contributed by atoms with Gasteiger partial charge in [-0.15, -0.1) is 0 Å². The van der Waals surface area contributed by atoms with Crippen LogP contribution in [0.1, 0.15) is 30.5 Å². The van der Waals surface area contributed by atoms with E-state index in [9.17, 15) is 0 Å². The van der Waals surface area contributed by atoms with Crippen molar-refractivity contribution < 1.29 is 0 Å². The normalized spacial score (nSPS) is 15.6. The number of nitrogens with zero attached hydrogens (tertiary/aromatic N) is 3. The molecule has 0 amide bonds. The van der Waals surface area contributed by atoms with Gasteiger partial charge in [-0.05, 0) is 37.3 Å². The van der Waals surface area contributed by atoms with Gasteiger partial charge < -0.3 is 5.73 Å². The summed E-state index contributed by atoms with van der Waals surface area (Å²) < 4.78 is 2.05. The van der Waals surface area contributed by atoms with Crippen LogP contribution in [0.5, 0.6) is 0 Å². The molecule has 2 aromatic heterocycles. The molecule has 4 aromatic rings. The highest BCUT2D eigenvalue weighted by Crippen LogP contribution is 2.39. The number of rotatable bonds is 3. The fourth-order valence-corrected chi connectivity index (χ4v) is 3.88. The Morgan fingerprint density at radius 1 is 0.963 bits per heavy atom.